The molecule has 0 heterocycles. The highest BCUT2D eigenvalue weighted by atomic mass is 79.9. The molecule has 0 aliphatic carbocycles. The Labute approximate surface area is 81.6 Å². The van der Waals surface area contributed by atoms with Gasteiger partial charge >= 0.3 is 0 Å². The molecule has 0 spiro atoms. The van der Waals surface area contributed by atoms with Gasteiger partial charge in [-0.1, -0.05) is 0 Å². The first-order chi connectivity index (χ1) is 6.06. The molecule has 0 saturated heterocycles. The summed E-state index contributed by atoms with van der Waals surface area (Å²) in [6.45, 7) is 0. The molecule has 0 aliphatic heterocycles. The van der Waals surface area contributed by atoms with Gasteiger partial charge in [-0.05, 0) is 28.1 Å². The Hall–Kier alpha value is -0.710. The maximum Gasteiger partial charge on any atom is 0.263 e. The van der Waals surface area contributed by atoms with Gasteiger partial charge in [0.2, 0.25) is 0 Å². The Kier molecular flexibility index (Phi) is 3.19. The minimum atomic E-state index is -2.68. The summed E-state index contributed by atoms with van der Waals surface area (Å²) in [5, 5.41) is 0. The molecule has 0 radical (unpaired) electrons. The molecule has 0 aromatic heterocycles. The van der Waals surface area contributed by atoms with Crippen LogP contribution in [-0.4, -0.2) is 7.11 Å². The number of methoxy groups -OCH3 is 1. The first kappa shape index (κ1) is 10.4. The van der Waals surface area contributed by atoms with Crippen LogP contribution in [0.25, 0.3) is 0 Å². The molecule has 0 unspecified atom stereocenters. The molecular weight excluding hydrogens is 249 g/mol. The van der Waals surface area contributed by atoms with E-state index >= 15 is 0 Å². The van der Waals surface area contributed by atoms with Crippen LogP contribution in [-0.2, 0) is 0 Å². The minimum Gasteiger partial charge on any atom is -0.492 e. The lowest BCUT2D eigenvalue weighted by atomic mass is 10.2. The molecule has 5 heteroatoms. The molecule has 0 amide bonds. The number of rotatable bonds is 2. The predicted octanol–water partition coefficient (Wildman–Crippen LogP) is 3.53. The molecule has 1 aromatic rings. The van der Waals surface area contributed by atoms with E-state index in [-0.39, 0.29) is 15.8 Å². The predicted molar refractivity (Wildman–Crippen MR) is 45.6 cm³/mol. The lowest BCUT2D eigenvalue weighted by Gasteiger charge is -2.06. The van der Waals surface area contributed by atoms with Gasteiger partial charge < -0.3 is 4.74 Å². The standard InChI is InChI=1S/C8H6BrF3O/c1-13-7-5(9)2-4(8(11)12)3-6(7)10/h2-3,8H,1H3. The number of benzene rings is 1. The largest absolute Gasteiger partial charge is 0.492 e. The summed E-state index contributed by atoms with van der Waals surface area (Å²) in [6.07, 6.45) is -2.68. The molecule has 1 aromatic carbocycles. The molecule has 0 N–H and O–H groups in total. The van der Waals surface area contributed by atoms with Crippen molar-refractivity contribution in [2.24, 2.45) is 0 Å². The van der Waals surface area contributed by atoms with Gasteiger partial charge in [0.1, 0.15) is 0 Å². The van der Waals surface area contributed by atoms with Gasteiger partial charge in [0.05, 0.1) is 11.6 Å². The SMILES string of the molecule is COc1c(F)cc(C(F)F)cc1Br. The lowest BCUT2D eigenvalue weighted by Crippen LogP contribution is -1.93. The molecule has 0 bridgehead atoms. The summed E-state index contributed by atoms with van der Waals surface area (Å²) in [6, 6.07) is 1.89. The molecule has 0 fully saturated rings. The van der Waals surface area contributed by atoms with Gasteiger partial charge in [0.15, 0.2) is 11.6 Å². The zero-order valence-corrected chi connectivity index (χ0v) is 8.24. The third kappa shape index (κ3) is 2.15. The van der Waals surface area contributed by atoms with Crippen molar-refractivity contribution >= 4 is 15.9 Å². The summed E-state index contributed by atoms with van der Waals surface area (Å²) < 4.78 is 42.1. The smallest absolute Gasteiger partial charge is 0.263 e. The number of halogens is 4. The van der Waals surface area contributed by atoms with E-state index in [0.717, 1.165) is 12.1 Å². The van der Waals surface area contributed by atoms with Gasteiger partial charge in [-0.25, -0.2) is 13.2 Å². The third-order valence-electron chi connectivity index (χ3n) is 1.48. The summed E-state index contributed by atoms with van der Waals surface area (Å²) in [7, 11) is 1.27. The normalized spacial score (nSPS) is 10.6. The number of hydrogen-bond donors (Lipinski definition) is 0. The average molecular weight is 255 g/mol. The highest BCUT2D eigenvalue weighted by Crippen LogP contribution is 2.32. The van der Waals surface area contributed by atoms with Crippen LogP contribution < -0.4 is 4.74 Å². The Bertz CT molecular complexity index is 291. The van der Waals surface area contributed by atoms with E-state index in [0.29, 0.717) is 0 Å². The molecule has 1 nitrogen and oxygen atoms in total. The summed E-state index contributed by atoms with van der Waals surface area (Å²) in [5.74, 6) is -0.864. The van der Waals surface area contributed by atoms with Gasteiger partial charge in [-0.15, -0.1) is 0 Å². The van der Waals surface area contributed by atoms with Crippen molar-refractivity contribution in [1.29, 1.82) is 0 Å². The monoisotopic (exact) mass is 254 g/mol. The fourth-order valence-corrected chi connectivity index (χ4v) is 1.52. The van der Waals surface area contributed by atoms with Gasteiger partial charge in [-0.2, -0.15) is 0 Å². The van der Waals surface area contributed by atoms with Crippen molar-refractivity contribution in [3.8, 4) is 5.75 Å². The Balaban J connectivity index is 3.20. The zero-order chi connectivity index (χ0) is 10.0. The summed E-state index contributed by atoms with van der Waals surface area (Å²) in [4.78, 5) is 0. The highest BCUT2D eigenvalue weighted by molar-refractivity contribution is 9.10. The van der Waals surface area contributed by atoms with Crippen LogP contribution in [0.3, 0.4) is 0 Å². The zero-order valence-electron chi connectivity index (χ0n) is 6.65. The topological polar surface area (TPSA) is 9.23 Å². The second-order valence-corrected chi connectivity index (χ2v) is 3.17. The first-order valence-electron chi connectivity index (χ1n) is 3.37. The Morgan fingerprint density at radius 3 is 2.38 bits per heavy atom. The van der Waals surface area contributed by atoms with Crippen LogP contribution in [0.2, 0.25) is 0 Å². The molecule has 13 heavy (non-hydrogen) atoms. The van der Waals surface area contributed by atoms with Crippen LogP contribution in [0.5, 0.6) is 5.75 Å². The van der Waals surface area contributed by atoms with Crippen molar-refractivity contribution < 1.29 is 17.9 Å². The van der Waals surface area contributed by atoms with Gasteiger partial charge in [0.25, 0.3) is 6.43 Å². The lowest BCUT2D eigenvalue weighted by molar-refractivity contribution is 0.150. The van der Waals surface area contributed by atoms with E-state index in [4.69, 9.17) is 0 Å². The summed E-state index contributed by atoms with van der Waals surface area (Å²) >= 11 is 2.93. The van der Waals surface area contributed by atoms with Crippen molar-refractivity contribution in [3.05, 3.63) is 28.0 Å². The molecule has 1 rings (SSSR count). The fraction of sp³-hybridized carbons (Fsp3) is 0.250. The van der Waals surface area contributed by atoms with Crippen LogP contribution in [0.4, 0.5) is 13.2 Å². The van der Waals surface area contributed by atoms with Crippen molar-refractivity contribution in [3.63, 3.8) is 0 Å². The minimum absolute atomic E-state index is 0.0654. The van der Waals surface area contributed by atoms with Crippen molar-refractivity contribution in [2.75, 3.05) is 7.11 Å². The van der Waals surface area contributed by atoms with E-state index < -0.39 is 12.2 Å². The number of alkyl halides is 2. The molecule has 0 aliphatic rings. The van der Waals surface area contributed by atoms with Crippen LogP contribution in [0.15, 0.2) is 16.6 Å². The maximum atomic E-state index is 13.0. The summed E-state index contributed by atoms with van der Waals surface area (Å²) in [5.41, 5.74) is -0.370. The Morgan fingerprint density at radius 1 is 1.38 bits per heavy atom. The Morgan fingerprint density at radius 2 is 2.00 bits per heavy atom. The number of ether oxygens (including phenoxy) is 1. The van der Waals surface area contributed by atoms with E-state index in [2.05, 4.69) is 20.7 Å². The van der Waals surface area contributed by atoms with E-state index in [1.54, 1.807) is 0 Å². The van der Waals surface area contributed by atoms with E-state index in [1.807, 2.05) is 0 Å². The van der Waals surface area contributed by atoms with E-state index in [1.165, 1.54) is 7.11 Å². The van der Waals surface area contributed by atoms with Crippen LogP contribution >= 0.6 is 15.9 Å². The second kappa shape index (κ2) is 4.00. The molecule has 0 atom stereocenters. The third-order valence-corrected chi connectivity index (χ3v) is 2.07. The maximum absolute atomic E-state index is 13.0. The number of hydrogen-bond acceptors (Lipinski definition) is 1. The molecular formula is C8H6BrF3O. The van der Waals surface area contributed by atoms with Crippen molar-refractivity contribution in [2.45, 2.75) is 6.43 Å². The van der Waals surface area contributed by atoms with Gasteiger partial charge in [-0.3, -0.25) is 0 Å². The van der Waals surface area contributed by atoms with E-state index in [9.17, 15) is 13.2 Å². The van der Waals surface area contributed by atoms with Crippen LogP contribution in [0.1, 0.15) is 12.0 Å². The first-order valence-corrected chi connectivity index (χ1v) is 4.16. The molecule has 72 valence electrons. The highest BCUT2D eigenvalue weighted by Gasteiger charge is 2.14. The van der Waals surface area contributed by atoms with Crippen LogP contribution in [0, 0.1) is 5.82 Å². The van der Waals surface area contributed by atoms with Crippen molar-refractivity contribution in [1.82, 2.24) is 0 Å². The second-order valence-electron chi connectivity index (χ2n) is 2.32. The quantitative estimate of drug-likeness (QED) is 0.785. The molecule has 0 saturated carbocycles. The fourth-order valence-electron chi connectivity index (χ4n) is 0.900. The average Bonchev–Trinajstić information content (AvgIpc) is 2.03. The van der Waals surface area contributed by atoms with Gasteiger partial charge in [0, 0.05) is 5.56 Å².